The van der Waals surface area contributed by atoms with Gasteiger partial charge in [0.25, 0.3) is 5.91 Å². The first-order valence-corrected chi connectivity index (χ1v) is 11.1. The molecule has 1 aliphatic rings. The third-order valence-corrected chi connectivity index (χ3v) is 5.92. The van der Waals surface area contributed by atoms with Gasteiger partial charge in [-0.25, -0.2) is 0 Å². The molecule has 4 nitrogen and oxygen atoms in total. The van der Waals surface area contributed by atoms with Gasteiger partial charge < -0.3 is 9.47 Å². The van der Waals surface area contributed by atoms with E-state index in [9.17, 15) is 4.79 Å². The van der Waals surface area contributed by atoms with Crippen molar-refractivity contribution in [3.05, 3.63) is 77.2 Å². The Balaban J connectivity index is 1.54. The van der Waals surface area contributed by atoms with Crippen LogP contribution >= 0.6 is 24.0 Å². The van der Waals surface area contributed by atoms with Crippen LogP contribution in [0.1, 0.15) is 24.5 Å². The minimum atomic E-state index is -0.0952. The number of rotatable bonds is 10. The van der Waals surface area contributed by atoms with Crippen molar-refractivity contribution in [3.63, 3.8) is 0 Å². The summed E-state index contributed by atoms with van der Waals surface area (Å²) in [4.78, 5) is 14.7. The van der Waals surface area contributed by atoms with Crippen LogP contribution in [0.5, 0.6) is 11.5 Å². The van der Waals surface area contributed by atoms with Crippen LogP contribution in [0, 0.1) is 0 Å². The molecule has 1 heterocycles. The highest BCUT2D eigenvalue weighted by Gasteiger charge is 2.31. The molecule has 1 fully saturated rings. The monoisotopic (exact) mass is 439 g/mol. The lowest BCUT2D eigenvalue weighted by molar-refractivity contribution is -0.121. The molecule has 0 aliphatic carbocycles. The number of aryl methyl sites for hydroxylation is 1. The number of nitrogens with zero attached hydrogens (tertiary/aromatic N) is 1. The van der Waals surface area contributed by atoms with Crippen LogP contribution in [0.25, 0.3) is 6.08 Å². The first kappa shape index (κ1) is 22.1. The Labute approximate surface area is 187 Å². The Bertz CT molecular complexity index is 938. The molecule has 0 saturated carbocycles. The highest BCUT2D eigenvalue weighted by Crippen LogP contribution is 2.34. The molecule has 1 saturated heterocycles. The smallest absolute Gasteiger partial charge is 0.266 e. The van der Waals surface area contributed by atoms with Crippen LogP contribution in [0.15, 0.2) is 66.1 Å². The highest BCUT2D eigenvalue weighted by atomic mass is 32.2. The van der Waals surface area contributed by atoms with Gasteiger partial charge in [0.05, 0.1) is 18.1 Å². The second kappa shape index (κ2) is 11.0. The van der Waals surface area contributed by atoms with Crippen molar-refractivity contribution in [1.82, 2.24) is 4.90 Å². The molecule has 0 atom stereocenters. The first-order chi connectivity index (χ1) is 14.6. The van der Waals surface area contributed by atoms with E-state index in [-0.39, 0.29) is 5.91 Å². The minimum absolute atomic E-state index is 0.0952. The van der Waals surface area contributed by atoms with Crippen LogP contribution in [-0.4, -0.2) is 34.9 Å². The Hall–Kier alpha value is -2.57. The lowest BCUT2D eigenvalue weighted by atomic mass is 10.2. The third-order valence-electron chi connectivity index (χ3n) is 4.54. The quantitative estimate of drug-likeness (QED) is 0.212. The van der Waals surface area contributed by atoms with Gasteiger partial charge in [0.15, 0.2) is 0 Å². The normalized spacial score (nSPS) is 15.0. The van der Waals surface area contributed by atoms with Gasteiger partial charge in [-0.2, -0.15) is 0 Å². The van der Waals surface area contributed by atoms with E-state index < -0.39 is 0 Å². The Kier molecular flexibility index (Phi) is 8.11. The summed E-state index contributed by atoms with van der Waals surface area (Å²) in [5.41, 5.74) is 2.15. The summed E-state index contributed by atoms with van der Waals surface area (Å²) in [6.07, 6.45) is 5.28. The van der Waals surface area contributed by atoms with Crippen LogP contribution in [0.4, 0.5) is 0 Å². The fourth-order valence-electron chi connectivity index (χ4n) is 2.91. The molecule has 2 aromatic rings. The molecule has 3 rings (SSSR count). The summed E-state index contributed by atoms with van der Waals surface area (Å²) in [6, 6.07) is 15.8. The molecule has 0 aromatic heterocycles. The van der Waals surface area contributed by atoms with Gasteiger partial charge >= 0.3 is 0 Å². The fourth-order valence-corrected chi connectivity index (χ4v) is 4.18. The summed E-state index contributed by atoms with van der Waals surface area (Å²) < 4.78 is 12.3. The number of carbonyl (C=O) groups excluding carboxylic acids is 1. The predicted molar refractivity (Wildman–Crippen MR) is 128 cm³/mol. The summed E-state index contributed by atoms with van der Waals surface area (Å²) in [5.74, 6) is 1.51. The van der Waals surface area contributed by atoms with E-state index >= 15 is 0 Å². The van der Waals surface area contributed by atoms with Gasteiger partial charge in [0, 0.05) is 18.5 Å². The summed E-state index contributed by atoms with van der Waals surface area (Å²) in [5, 5.41) is 0. The van der Waals surface area contributed by atoms with Gasteiger partial charge in [0.2, 0.25) is 0 Å². The highest BCUT2D eigenvalue weighted by molar-refractivity contribution is 8.26. The number of hydrogen-bond donors (Lipinski definition) is 0. The average Bonchev–Trinajstić information content (AvgIpc) is 3.03. The van der Waals surface area contributed by atoms with Crippen molar-refractivity contribution >= 4 is 40.3 Å². The summed E-state index contributed by atoms with van der Waals surface area (Å²) in [7, 11) is 0. The summed E-state index contributed by atoms with van der Waals surface area (Å²) in [6.45, 7) is 7.33. The SMILES string of the molecule is C=CCN1C(=O)/C(=C\c2ccccc2OCCCOc2ccc(CC)cc2)SC1=S. The number of thioether (sulfide) groups is 1. The predicted octanol–water partition coefficient (Wildman–Crippen LogP) is 5.48. The van der Waals surface area contributed by atoms with Crippen LogP contribution < -0.4 is 9.47 Å². The Morgan fingerprint density at radius 3 is 2.57 bits per heavy atom. The van der Waals surface area contributed by atoms with Crippen molar-refractivity contribution in [2.45, 2.75) is 19.8 Å². The van der Waals surface area contributed by atoms with Gasteiger partial charge in [-0.1, -0.05) is 67.3 Å². The van der Waals surface area contributed by atoms with E-state index in [1.165, 1.54) is 17.3 Å². The maximum absolute atomic E-state index is 12.5. The number of carbonyl (C=O) groups is 1. The lowest BCUT2D eigenvalue weighted by Gasteiger charge is -2.11. The van der Waals surface area contributed by atoms with Crippen molar-refractivity contribution in [1.29, 1.82) is 0 Å². The molecular weight excluding hydrogens is 414 g/mol. The first-order valence-electron chi connectivity index (χ1n) is 9.92. The van der Waals surface area contributed by atoms with E-state index in [1.807, 2.05) is 42.5 Å². The maximum atomic E-state index is 12.5. The lowest BCUT2D eigenvalue weighted by Crippen LogP contribution is -2.27. The molecule has 0 bridgehead atoms. The van der Waals surface area contributed by atoms with Crippen molar-refractivity contribution in [3.8, 4) is 11.5 Å². The molecule has 30 heavy (non-hydrogen) atoms. The topological polar surface area (TPSA) is 38.8 Å². The zero-order valence-corrected chi connectivity index (χ0v) is 18.6. The molecule has 0 spiro atoms. The molecule has 6 heteroatoms. The van der Waals surface area contributed by atoms with Crippen molar-refractivity contribution in [2.75, 3.05) is 19.8 Å². The molecule has 1 aliphatic heterocycles. The standard InChI is InChI=1S/C24H25NO3S2/c1-3-14-25-23(26)22(30-24(25)29)17-19-8-5-6-9-21(19)28-16-7-15-27-20-12-10-18(4-2)11-13-20/h3,5-6,8-13,17H,1,4,7,14-16H2,2H3/b22-17+. The second-order valence-electron chi connectivity index (χ2n) is 6.67. The maximum Gasteiger partial charge on any atom is 0.266 e. The zero-order valence-electron chi connectivity index (χ0n) is 17.0. The van der Waals surface area contributed by atoms with Crippen LogP contribution in [0.3, 0.4) is 0 Å². The van der Waals surface area contributed by atoms with E-state index in [4.69, 9.17) is 21.7 Å². The number of ether oxygens (including phenoxy) is 2. The third kappa shape index (κ3) is 5.74. The molecule has 0 radical (unpaired) electrons. The van der Waals surface area contributed by atoms with Crippen LogP contribution in [-0.2, 0) is 11.2 Å². The molecule has 0 N–H and O–H groups in total. The van der Waals surface area contributed by atoms with Gasteiger partial charge in [-0.15, -0.1) is 6.58 Å². The van der Waals surface area contributed by atoms with Gasteiger partial charge in [0.1, 0.15) is 15.8 Å². The second-order valence-corrected chi connectivity index (χ2v) is 8.34. The number of thiocarbonyl (C=S) groups is 1. The molecule has 0 unspecified atom stereocenters. The number of hydrogen-bond acceptors (Lipinski definition) is 5. The van der Waals surface area contributed by atoms with Crippen LogP contribution in [0.2, 0.25) is 0 Å². The van der Waals surface area contributed by atoms with Crippen molar-refractivity contribution < 1.29 is 14.3 Å². The average molecular weight is 440 g/mol. The number of benzene rings is 2. The molecular formula is C24H25NO3S2. The molecule has 1 amide bonds. The minimum Gasteiger partial charge on any atom is -0.493 e. The molecule has 2 aromatic carbocycles. The number of para-hydroxylation sites is 1. The Morgan fingerprint density at radius 1 is 1.10 bits per heavy atom. The van der Waals surface area contributed by atoms with Gasteiger partial charge in [-0.05, 0) is 36.3 Å². The van der Waals surface area contributed by atoms with Crippen molar-refractivity contribution in [2.24, 2.45) is 0 Å². The van der Waals surface area contributed by atoms with E-state index in [1.54, 1.807) is 11.0 Å². The zero-order chi connectivity index (χ0) is 21.3. The van der Waals surface area contributed by atoms with E-state index in [2.05, 4.69) is 25.6 Å². The van der Waals surface area contributed by atoms with E-state index in [0.29, 0.717) is 29.0 Å². The Morgan fingerprint density at radius 2 is 1.83 bits per heavy atom. The van der Waals surface area contributed by atoms with Gasteiger partial charge in [-0.3, -0.25) is 9.69 Å². The summed E-state index contributed by atoms with van der Waals surface area (Å²) >= 11 is 6.60. The number of amides is 1. The fraction of sp³-hybridized carbons (Fsp3) is 0.250. The molecule has 156 valence electrons. The largest absolute Gasteiger partial charge is 0.493 e. The van der Waals surface area contributed by atoms with E-state index in [0.717, 1.165) is 29.9 Å².